The minimum atomic E-state index is -0.372. The Labute approximate surface area is 194 Å². The molecule has 0 bridgehead atoms. The van der Waals surface area contributed by atoms with Crippen LogP contribution in [0.15, 0.2) is 121 Å². The van der Waals surface area contributed by atoms with Crippen molar-refractivity contribution in [1.82, 2.24) is 0 Å². The molecule has 0 atom stereocenters. The maximum Gasteiger partial charge on any atom is 0.148 e. The quantitative estimate of drug-likeness (QED) is 0.214. The van der Waals surface area contributed by atoms with Crippen molar-refractivity contribution in [2.24, 2.45) is 0 Å². The summed E-state index contributed by atoms with van der Waals surface area (Å²) in [5, 5.41) is 0. The largest absolute Gasteiger partial charge is 0.148 e. The van der Waals surface area contributed by atoms with Gasteiger partial charge in [0.1, 0.15) is 4.08 Å². The molecule has 0 aromatic heterocycles. The summed E-state index contributed by atoms with van der Waals surface area (Å²) in [6.45, 7) is 0. The van der Waals surface area contributed by atoms with Gasteiger partial charge < -0.3 is 0 Å². The Hall–Kier alpha value is -2.86. The molecule has 2 heteroatoms. The Bertz CT molecular complexity index is 1070. The standard InChI is InChI=1S/C29H24S2/c1-5-13-25(14-6-1)21-22-29(28-19-11-4-12-20-28,30-23-26-15-7-2-8-16-26)31-24-27-17-9-3-10-18-27/h1-20H,23-24H2. The summed E-state index contributed by atoms with van der Waals surface area (Å²) in [4.78, 5) is 0. The van der Waals surface area contributed by atoms with Crippen LogP contribution in [-0.2, 0) is 15.6 Å². The Kier molecular flexibility index (Phi) is 7.56. The molecule has 0 aliphatic heterocycles. The van der Waals surface area contributed by atoms with E-state index < -0.39 is 0 Å². The number of hydrogen-bond donors (Lipinski definition) is 0. The van der Waals surface area contributed by atoms with Gasteiger partial charge in [-0.3, -0.25) is 0 Å². The molecule has 0 N–H and O–H groups in total. The van der Waals surface area contributed by atoms with Gasteiger partial charge in [-0.25, -0.2) is 0 Å². The van der Waals surface area contributed by atoms with Crippen molar-refractivity contribution in [2.75, 3.05) is 0 Å². The van der Waals surface area contributed by atoms with Crippen molar-refractivity contribution < 1.29 is 0 Å². The average molecular weight is 437 g/mol. The first-order valence-electron chi connectivity index (χ1n) is 10.3. The molecular weight excluding hydrogens is 412 g/mol. The highest BCUT2D eigenvalue weighted by Gasteiger charge is 2.32. The van der Waals surface area contributed by atoms with E-state index in [2.05, 4.69) is 115 Å². The zero-order valence-corrected chi connectivity index (χ0v) is 18.9. The number of thioether (sulfide) groups is 2. The van der Waals surface area contributed by atoms with E-state index in [0.29, 0.717) is 0 Å². The topological polar surface area (TPSA) is 0 Å². The molecule has 0 spiro atoms. The van der Waals surface area contributed by atoms with E-state index in [1.54, 1.807) is 0 Å². The monoisotopic (exact) mass is 436 g/mol. The third-order valence-electron chi connectivity index (χ3n) is 4.87. The van der Waals surface area contributed by atoms with Crippen LogP contribution in [-0.4, -0.2) is 0 Å². The molecule has 4 aromatic rings. The molecule has 0 saturated heterocycles. The first kappa shape index (κ1) is 21.4. The first-order chi connectivity index (χ1) is 15.3. The van der Waals surface area contributed by atoms with Crippen molar-refractivity contribution in [3.63, 3.8) is 0 Å². The van der Waals surface area contributed by atoms with Crippen molar-refractivity contribution in [1.29, 1.82) is 0 Å². The Morgan fingerprint density at radius 2 is 0.935 bits per heavy atom. The zero-order chi connectivity index (χ0) is 21.2. The van der Waals surface area contributed by atoms with Gasteiger partial charge in [0.2, 0.25) is 0 Å². The average Bonchev–Trinajstić information content (AvgIpc) is 2.86. The third kappa shape index (κ3) is 6.07. The lowest BCUT2D eigenvalue weighted by molar-refractivity contribution is 1.16. The molecule has 0 aliphatic carbocycles. The minimum absolute atomic E-state index is 0.372. The summed E-state index contributed by atoms with van der Waals surface area (Å²) in [5.74, 6) is 8.95. The fourth-order valence-corrected chi connectivity index (χ4v) is 5.87. The van der Waals surface area contributed by atoms with Crippen molar-refractivity contribution >= 4 is 23.5 Å². The van der Waals surface area contributed by atoms with Gasteiger partial charge in [0, 0.05) is 17.1 Å². The van der Waals surface area contributed by atoms with Crippen LogP contribution in [0, 0.1) is 11.8 Å². The molecule has 0 fully saturated rings. The van der Waals surface area contributed by atoms with Gasteiger partial charge in [-0.15, -0.1) is 23.5 Å². The van der Waals surface area contributed by atoms with Gasteiger partial charge in [-0.1, -0.05) is 121 Å². The minimum Gasteiger partial charge on any atom is -0.122 e. The molecule has 0 saturated carbocycles. The van der Waals surface area contributed by atoms with E-state index in [4.69, 9.17) is 0 Å². The molecule has 0 unspecified atom stereocenters. The van der Waals surface area contributed by atoms with Crippen LogP contribution in [0.1, 0.15) is 22.3 Å². The van der Waals surface area contributed by atoms with Gasteiger partial charge in [0.25, 0.3) is 0 Å². The molecule has 0 radical (unpaired) electrons. The lowest BCUT2D eigenvalue weighted by Gasteiger charge is -2.28. The Morgan fingerprint density at radius 1 is 0.516 bits per heavy atom. The van der Waals surface area contributed by atoms with Crippen LogP contribution in [0.25, 0.3) is 0 Å². The van der Waals surface area contributed by atoms with Crippen molar-refractivity contribution in [3.8, 4) is 11.8 Å². The Morgan fingerprint density at radius 3 is 1.42 bits per heavy atom. The number of rotatable bonds is 7. The highest BCUT2D eigenvalue weighted by Crippen LogP contribution is 2.49. The van der Waals surface area contributed by atoms with E-state index in [0.717, 1.165) is 17.1 Å². The van der Waals surface area contributed by atoms with Crippen LogP contribution in [0.4, 0.5) is 0 Å². The van der Waals surface area contributed by atoms with E-state index in [1.165, 1.54) is 16.7 Å². The second-order valence-electron chi connectivity index (χ2n) is 7.15. The molecular formula is C29H24S2. The maximum absolute atomic E-state index is 3.68. The predicted molar refractivity (Wildman–Crippen MR) is 137 cm³/mol. The van der Waals surface area contributed by atoms with Gasteiger partial charge >= 0.3 is 0 Å². The van der Waals surface area contributed by atoms with Crippen LogP contribution < -0.4 is 0 Å². The first-order valence-corrected chi connectivity index (χ1v) is 12.3. The molecule has 31 heavy (non-hydrogen) atoms. The van der Waals surface area contributed by atoms with Crippen molar-refractivity contribution in [2.45, 2.75) is 15.6 Å². The molecule has 4 rings (SSSR count). The lowest BCUT2D eigenvalue weighted by Crippen LogP contribution is -2.16. The third-order valence-corrected chi connectivity index (χ3v) is 8.02. The SMILES string of the molecule is C(#CC(SCc1ccccc1)(SCc1ccccc1)c1ccccc1)c1ccccc1. The normalized spacial score (nSPS) is 10.8. The summed E-state index contributed by atoms with van der Waals surface area (Å²) in [7, 11) is 0. The summed E-state index contributed by atoms with van der Waals surface area (Å²) >= 11 is 3.81. The zero-order valence-electron chi connectivity index (χ0n) is 17.3. The molecule has 152 valence electrons. The van der Waals surface area contributed by atoms with E-state index in [-0.39, 0.29) is 4.08 Å². The fourth-order valence-electron chi connectivity index (χ4n) is 3.20. The van der Waals surface area contributed by atoms with Gasteiger partial charge in [0.05, 0.1) is 0 Å². The van der Waals surface area contributed by atoms with Crippen LogP contribution in [0.2, 0.25) is 0 Å². The second-order valence-corrected chi connectivity index (χ2v) is 9.79. The molecule has 0 aliphatic rings. The summed E-state index contributed by atoms with van der Waals surface area (Å²) < 4.78 is -0.372. The summed E-state index contributed by atoms with van der Waals surface area (Å²) in [6.07, 6.45) is 0. The number of benzene rings is 4. The lowest BCUT2D eigenvalue weighted by atomic mass is 10.1. The highest BCUT2D eigenvalue weighted by molar-refractivity contribution is 8.17. The van der Waals surface area contributed by atoms with Gasteiger partial charge in [-0.2, -0.15) is 0 Å². The molecule has 0 nitrogen and oxygen atoms in total. The van der Waals surface area contributed by atoms with Crippen molar-refractivity contribution in [3.05, 3.63) is 144 Å². The fraction of sp³-hybridized carbons (Fsp3) is 0.103. The van der Waals surface area contributed by atoms with Crippen LogP contribution in [0.3, 0.4) is 0 Å². The highest BCUT2D eigenvalue weighted by atomic mass is 32.2. The molecule has 4 aromatic carbocycles. The number of hydrogen-bond acceptors (Lipinski definition) is 2. The maximum atomic E-state index is 3.68. The summed E-state index contributed by atoms with van der Waals surface area (Å²) in [5.41, 5.74) is 4.91. The predicted octanol–water partition coefficient (Wildman–Crippen LogP) is 7.76. The molecule has 0 amide bonds. The van der Waals surface area contributed by atoms with E-state index >= 15 is 0 Å². The smallest absolute Gasteiger partial charge is 0.122 e. The summed E-state index contributed by atoms with van der Waals surface area (Å²) in [6, 6.07) is 42.3. The van der Waals surface area contributed by atoms with Crippen LogP contribution in [0.5, 0.6) is 0 Å². The van der Waals surface area contributed by atoms with Gasteiger partial charge in [-0.05, 0) is 28.8 Å². The van der Waals surface area contributed by atoms with E-state index in [1.807, 2.05) is 41.7 Å². The Balaban J connectivity index is 1.71. The second kappa shape index (κ2) is 11.0. The molecule has 0 heterocycles. The van der Waals surface area contributed by atoms with Gasteiger partial charge in [0.15, 0.2) is 0 Å². The van der Waals surface area contributed by atoms with Crippen LogP contribution >= 0.6 is 23.5 Å². The van der Waals surface area contributed by atoms with E-state index in [9.17, 15) is 0 Å².